The number of carbonyl (C=O) groups is 1. The third-order valence-corrected chi connectivity index (χ3v) is 2.00. The highest BCUT2D eigenvalue weighted by Crippen LogP contribution is 2.16. The van der Waals surface area contributed by atoms with E-state index in [1.165, 1.54) is 0 Å². The summed E-state index contributed by atoms with van der Waals surface area (Å²) in [6.45, 7) is 0. The molecule has 0 aromatic carbocycles. The van der Waals surface area contributed by atoms with Crippen molar-refractivity contribution in [2.24, 2.45) is 0 Å². The zero-order valence-electron chi connectivity index (χ0n) is 7.10. The third-order valence-electron chi connectivity index (χ3n) is 2.00. The highest BCUT2D eigenvalue weighted by molar-refractivity contribution is 5.88. The molecule has 1 aliphatic heterocycles. The van der Waals surface area contributed by atoms with Gasteiger partial charge in [0.2, 0.25) is 5.91 Å². The Morgan fingerprint density at radius 3 is 3.08 bits per heavy atom. The fourth-order valence-electron chi connectivity index (χ4n) is 1.37. The number of nitrogens with one attached hydrogen (secondary N) is 1. The van der Waals surface area contributed by atoms with Crippen molar-refractivity contribution in [3.8, 4) is 0 Å². The number of pyridine rings is 1. The molecular formula is C10H10N2O. The highest BCUT2D eigenvalue weighted by atomic mass is 16.1. The first-order valence-electron chi connectivity index (χ1n) is 4.24. The summed E-state index contributed by atoms with van der Waals surface area (Å²) in [7, 11) is 0. The van der Waals surface area contributed by atoms with Crippen molar-refractivity contribution in [1.82, 2.24) is 10.3 Å². The van der Waals surface area contributed by atoms with E-state index in [2.05, 4.69) is 10.3 Å². The summed E-state index contributed by atoms with van der Waals surface area (Å²) in [6.07, 6.45) is 5.99. The molecule has 3 nitrogen and oxygen atoms in total. The minimum absolute atomic E-state index is 0.0399. The average molecular weight is 174 g/mol. The van der Waals surface area contributed by atoms with Crippen molar-refractivity contribution in [3.05, 3.63) is 42.2 Å². The summed E-state index contributed by atoms with van der Waals surface area (Å²) in [5.41, 5.74) is 0.917. The van der Waals surface area contributed by atoms with Gasteiger partial charge in [0.15, 0.2) is 0 Å². The molecule has 1 N–H and O–H groups in total. The quantitative estimate of drug-likeness (QED) is 0.695. The molecule has 0 spiro atoms. The van der Waals surface area contributed by atoms with E-state index in [1.807, 2.05) is 24.3 Å². The summed E-state index contributed by atoms with van der Waals surface area (Å²) in [4.78, 5) is 15.2. The van der Waals surface area contributed by atoms with Gasteiger partial charge in [0.1, 0.15) is 0 Å². The maximum atomic E-state index is 11.0. The van der Waals surface area contributed by atoms with E-state index in [0.29, 0.717) is 0 Å². The van der Waals surface area contributed by atoms with Crippen LogP contribution >= 0.6 is 0 Å². The monoisotopic (exact) mass is 174 g/mol. The number of carbonyl (C=O) groups excluding carboxylic acids is 1. The molecule has 1 aromatic heterocycles. The van der Waals surface area contributed by atoms with Crippen LogP contribution in [0.15, 0.2) is 36.5 Å². The van der Waals surface area contributed by atoms with Gasteiger partial charge in [-0.3, -0.25) is 9.78 Å². The highest BCUT2D eigenvalue weighted by Gasteiger charge is 2.15. The molecule has 66 valence electrons. The van der Waals surface area contributed by atoms with E-state index in [-0.39, 0.29) is 11.9 Å². The molecule has 1 unspecified atom stereocenters. The molecule has 2 heterocycles. The Hall–Kier alpha value is -1.64. The molecule has 1 aliphatic rings. The molecule has 0 radical (unpaired) electrons. The summed E-state index contributed by atoms with van der Waals surface area (Å²) in [5, 5.41) is 2.84. The van der Waals surface area contributed by atoms with Crippen LogP contribution in [-0.2, 0) is 4.79 Å². The molecule has 2 rings (SSSR count). The Bertz CT molecular complexity index is 332. The number of hydrogen-bond acceptors (Lipinski definition) is 2. The lowest BCUT2D eigenvalue weighted by atomic mass is 10.1. The Morgan fingerprint density at radius 1 is 1.46 bits per heavy atom. The zero-order chi connectivity index (χ0) is 9.10. The fraction of sp³-hybridized carbons (Fsp3) is 0.200. The topological polar surface area (TPSA) is 42.0 Å². The summed E-state index contributed by atoms with van der Waals surface area (Å²) < 4.78 is 0. The predicted octanol–water partition coefficient (Wildman–Crippen LogP) is 1.20. The van der Waals surface area contributed by atoms with E-state index in [4.69, 9.17) is 0 Å². The molecular weight excluding hydrogens is 164 g/mol. The maximum absolute atomic E-state index is 11.0. The third kappa shape index (κ3) is 1.75. The molecule has 13 heavy (non-hydrogen) atoms. The number of aromatic nitrogens is 1. The lowest BCUT2D eigenvalue weighted by molar-refractivity contribution is -0.117. The van der Waals surface area contributed by atoms with Crippen LogP contribution in [0.2, 0.25) is 0 Å². The van der Waals surface area contributed by atoms with Gasteiger partial charge in [-0.25, -0.2) is 0 Å². The van der Waals surface area contributed by atoms with E-state index >= 15 is 0 Å². The first kappa shape index (κ1) is 7.98. The normalized spacial score (nSPS) is 21.2. The molecule has 0 bridgehead atoms. The Morgan fingerprint density at radius 2 is 2.38 bits per heavy atom. The van der Waals surface area contributed by atoms with Crippen LogP contribution in [0.3, 0.4) is 0 Å². The summed E-state index contributed by atoms with van der Waals surface area (Å²) in [6, 6.07) is 5.75. The van der Waals surface area contributed by atoms with E-state index < -0.39 is 0 Å². The molecule has 1 atom stereocenters. The van der Waals surface area contributed by atoms with Crippen molar-refractivity contribution in [2.75, 3.05) is 0 Å². The van der Waals surface area contributed by atoms with Gasteiger partial charge in [0.25, 0.3) is 0 Å². The predicted molar refractivity (Wildman–Crippen MR) is 48.9 cm³/mol. The SMILES string of the molecule is O=C1C=CCC(c2ccccn2)N1. The molecule has 0 saturated carbocycles. The maximum Gasteiger partial charge on any atom is 0.244 e. The second-order valence-electron chi connectivity index (χ2n) is 2.95. The van der Waals surface area contributed by atoms with Crippen LogP contribution < -0.4 is 5.32 Å². The molecule has 1 amide bonds. The lowest BCUT2D eigenvalue weighted by Gasteiger charge is -2.18. The van der Waals surface area contributed by atoms with Crippen LogP contribution in [0, 0.1) is 0 Å². The molecule has 0 saturated heterocycles. The van der Waals surface area contributed by atoms with Crippen molar-refractivity contribution < 1.29 is 4.79 Å². The standard InChI is InChI=1S/C10H10N2O/c13-10-6-3-5-9(12-10)8-4-1-2-7-11-8/h1-4,6-7,9H,5H2,(H,12,13). The van der Waals surface area contributed by atoms with E-state index in [9.17, 15) is 4.79 Å². The van der Waals surface area contributed by atoms with Crippen LogP contribution in [0.4, 0.5) is 0 Å². The Labute approximate surface area is 76.5 Å². The molecule has 0 fully saturated rings. The summed E-state index contributed by atoms with van der Waals surface area (Å²) in [5.74, 6) is -0.0399. The Balaban J connectivity index is 2.19. The fourth-order valence-corrected chi connectivity index (χ4v) is 1.37. The first-order chi connectivity index (χ1) is 6.36. The number of amides is 1. The van der Waals surface area contributed by atoms with Crippen LogP contribution in [-0.4, -0.2) is 10.9 Å². The minimum Gasteiger partial charge on any atom is -0.344 e. The van der Waals surface area contributed by atoms with Crippen molar-refractivity contribution in [2.45, 2.75) is 12.5 Å². The molecule has 0 aliphatic carbocycles. The summed E-state index contributed by atoms with van der Waals surface area (Å²) >= 11 is 0. The van der Waals surface area contributed by atoms with Gasteiger partial charge in [-0.05, 0) is 24.6 Å². The van der Waals surface area contributed by atoms with Crippen LogP contribution in [0.25, 0.3) is 0 Å². The van der Waals surface area contributed by atoms with Crippen LogP contribution in [0.5, 0.6) is 0 Å². The smallest absolute Gasteiger partial charge is 0.244 e. The number of rotatable bonds is 1. The largest absolute Gasteiger partial charge is 0.344 e. The molecule has 3 heteroatoms. The minimum atomic E-state index is -0.0399. The van der Waals surface area contributed by atoms with Gasteiger partial charge in [-0.2, -0.15) is 0 Å². The van der Waals surface area contributed by atoms with Crippen molar-refractivity contribution in [3.63, 3.8) is 0 Å². The number of hydrogen-bond donors (Lipinski definition) is 1. The van der Waals surface area contributed by atoms with Gasteiger partial charge in [-0.15, -0.1) is 0 Å². The Kier molecular flexibility index (Phi) is 2.08. The molecule has 1 aromatic rings. The number of nitrogens with zero attached hydrogens (tertiary/aromatic N) is 1. The van der Waals surface area contributed by atoms with Gasteiger partial charge in [0.05, 0.1) is 11.7 Å². The van der Waals surface area contributed by atoms with Crippen molar-refractivity contribution >= 4 is 5.91 Å². The first-order valence-corrected chi connectivity index (χ1v) is 4.24. The second-order valence-corrected chi connectivity index (χ2v) is 2.95. The second kappa shape index (κ2) is 3.39. The van der Waals surface area contributed by atoms with E-state index in [0.717, 1.165) is 12.1 Å². The van der Waals surface area contributed by atoms with E-state index in [1.54, 1.807) is 12.3 Å². The van der Waals surface area contributed by atoms with Crippen LogP contribution in [0.1, 0.15) is 18.2 Å². The van der Waals surface area contributed by atoms with Gasteiger partial charge < -0.3 is 5.32 Å². The van der Waals surface area contributed by atoms with Gasteiger partial charge in [-0.1, -0.05) is 12.1 Å². The zero-order valence-corrected chi connectivity index (χ0v) is 7.10. The van der Waals surface area contributed by atoms with Gasteiger partial charge >= 0.3 is 0 Å². The lowest BCUT2D eigenvalue weighted by Crippen LogP contribution is -2.29. The average Bonchev–Trinajstić information content (AvgIpc) is 2.19. The van der Waals surface area contributed by atoms with Gasteiger partial charge in [0, 0.05) is 6.20 Å². The van der Waals surface area contributed by atoms with Crippen molar-refractivity contribution in [1.29, 1.82) is 0 Å².